The molecule has 0 radical (unpaired) electrons. The molecule has 1 fully saturated rings. The molecule has 0 nitrogen and oxygen atoms in total. The van der Waals surface area contributed by atoms with Gasteiger partial charge in [0.2, 0.25) is 0 Å². The Labute approximate surface area is 92.5 Å². The molecule has 1 heterocycles. The van der Waals surface area contributed by atoms with Crippen LogP contribution in [0.5, 0.6) is 0 Å². The van der Waals surface area contributed by atoms with Gasteiger partial charge in [-0.15, -0.1) is 23.5 Å². The smallest absolute Gasteiger partial charge is 0.104 e. The number of benzene rings is 1. The second kappa shape index (κ2) is 4.49. The highest BCUT2D eigenvalue weighted by Gasteiger charge is 2.20. The van der Waals surface area contributed by atoms with Gasteiger partial charge in [-0.3, -0.25) is 0 Å². The van der Waals surface area contributed by atoms with Gasteiger partial charge in [0.15, 0.2) is 0 Å². The summed E-state index contributed by atoms with van der Waals surface area (Å²) in [5, 5.41) is 0.694. The average Bonchev–Trinajstić information content (AvgIpc) is 2.53. The van der Waals surface area contributed by atoms with E-state index in [4.69, 9.17) is 12.2 Å². The molecule has 0 N–H and O–H groups in total. The normalized spacial score (nSPS) is 22.2. The van der Waals surface area contributed by atoms with Crippen LogP contribution in [0.4, 0.5) is 0 Å². The molecule has 1 aromatic rings. The number of rotatable bonds is 2. The average molecular weight is 226 g/mol. The van der Waals surface area contributed by atoms with E-state index in [0.29, 0.717) is 5.25 Å². The van der Waals surface area contributed by atoms with Gasteiger partial charge >= 0.3 is 0 Å². The SMILES string of the molecule is S=C1SCC(Cc2ccccc2)S1. The molecule has 1 aliphatic heterocycles. The molecule has 13 heavy (non-hydrogen) atoms. The van der Waals surface area contributed by atoms with Crippen molar-refractivity contribution in [3.63, 3.8) is 0 Å². The fraction of sp³-hybridized carbons (Fsp3) is 0.300. The van der Waals surface area contributed by atoms with Gasteiger partial charge in [0.25, 0.3) is 0 Å². The molecule has 0 aliphatic carbocycles. The minimum atomic E-state index is 0.694. The molecular weight excluding hydrogens is 216 g/mol. The standard InChI is InChI=1S/C10H10S3/c11-10-12-7-9(13-10)6-8-4-2-1-3-5-8/h1-5,9H,6-7H2. The molecule has 1 aromatic carbocycles. The molecule has 0 amide bonds. The van der Waals surface area contributed by atoms with Crippen LogP contribution in [0.25, 0.3) is 0 Å². The number of hydrogen-bond acceptors (Lipinski definition) is 3. The van der Waals surface area contributed by atoms with Crippen molar-refractivity contribution in [1.82, 2.24) is 0 Å². The quantitative estimate of drug-likeness (QED) is 0.710. The van der Waals surface area contributed by atoms with Crippen molar-refractivity contribution in [3.05, 3.63) is 35.9 Å². The Morgan fingerprint density at radius 1 is 1.31 bits per heavy atom. The van der Waals surface area contributed by atoms with Gasteiger partial charge in [-0.25, -0.2) is 0 Å². The van der Waals surface area contributed by atoms with Crippen LogP contribution in [-0.2, 0) is 6.42 Å². The molecule has 0 bridgehead atoms. The van der Waals surface area contributed by atoms with Crippen molar-refractivity contribution in [2.24, 2.45) is 0 Å². The van der Waals surface area contributed by atoms with Gasteiger partial charge in [0, 0.05) is 11.0 Å². The third kappa shape index (κ3) is 2.73. The monoisotopic (exact) mass is 226 g/mol. The van der Waals surface area contributed by atoms with Gasteiger partial charge in [0.05, 0.1) is 0 Å². The zero-order chi connectivity index (χ0) is 9.10. The molecule has 2 rings (SSSR count). The Balaban J connectivity index is 1.96. The second-order valence-electron chi connectivity index (χ2n) is 2.99. The Morgan fingerprint density at radius 2 is 2.08 bits per heavy atom. The van der Waals surface area contributed by atoms with Crippen LogP contribution >= 0.6 is 35.7 Å². The molecule has 1 aliphatic rings. The van der Waals surface area contributed by atoms with Crippen molar-refractivity contribution < 1.29 is 0 Å². The molecule has 0 spiro atoms. The zero-order valence-electron chi connectivity index (χ0n) is 7.10. The molecular formula is C10H10S3. The van der Waals surface area contributed by atoms with E-state index in [1.165, 1.54) is 11.3 Å². The van der Waals surface area contributed by atoms with Gasteiger partial charge in [-0.1, -0.05) is 42.5 Å². The summed E-state index contributed by atoms with van der Waals surface area (Å²) >= 11 is 8.81. The van der Waals surface area contributed by atoms with E-state index in [-0.39, 0.29) is 0 Å². The fourth-order valence-electron chi connectivity index (χ4n) is 1.34. The lowest BCUT2D eigenvalue weighted by atomic mass is 10.1. The van der Waals surface area contributed by atoms with Crippen LogP contribution in [0.3, 0.4) is 0 Å². The Morgan fingerprint density at radius 3 is 2.69 bits per heavy atom. The third-order valence-corrected chi connectivity index (χ3v) is 5.12. The Hall–Kier alpha value is 0.01000. The molecule has 0 aromatic heterocycles. The molecule has 0 saturated carbocycles. The Bertz CT molecular complexity index is 294. The van der Waals surface area contributed by atoms with E-state index < -0.39 is 0 Å². The van der Waals surface area contributed by atoms with Crippen LogP contribution in [0.2, 0.25) is 0 Å². The summed E-state index contributed by atoms with van der Waals surface area (Å²) in [4.78, 5) is 0. The highest BCUT2D eigenvalue weighted by Crippen LogP contribution is 2.34. The lowest BCUT2D eigenvalue weighted by Crippen LogP contribution is -2.04. The highest BCUT2D eigenvalue weighted by atomic mass is 32.2. The van der Waals surface area contributed by atoms with Crippen LogP contribution in [0, 0.1) is 0 Å². The van der Waals surface area contributed by atoms with Crippen LogP contribution in [-0.4, -0.2) is 14.5 Å². The minimum absolute atomic E-state index is 0.694. The summed E-state index contributed by atoms with van der Waals surface area (Å²) in [5.74, 6) is 1.18. The lowest BCUT2D eigenvalue weighted by molar-refractivity contribution is 0.964. The first kappa shape index (κ1) is 9.56. The van der Waals surface area contributed by atoms with E-state index in [2.05, 4.69) is 30.3 Å². The Kier molecular flexibility index (Phi) is 3.30. The van der Waals surface area contributed by atoms with Gasteiger partial charge in [-0.05, 0) is 12.0 Å². The van der Waals surface area contributed by atoms with Crippen molar-refractivity contribution in [2.45, 2.75) is 11.7 Å². The van der Waals surface area contributed by atoms with E-state index >= 15 is 0 Å². The van der Waals surface area contributed by atoms with Crippen LogP contribution < -0.4 is 0 Å². The third-order valence-electron chi connectivity index (χ3n) is 1.96. The van der Waals surface area contributed by atoms with Crippen LogP contribution in [0.1, 0.15) is 5.56 Å². The summed E-state index contributed by atoms with van der Waals surface area (Å²) in [6.07, 6.45) is 1.15. The van der Waals surface area contributed by atoms with Gasteiger partial charge in [-0.2, -0.15) is 0 Å². The maximum absolute atomic E-state index is 5.14. The van der Waals surface area contributed by atoms with Crippen LogP contribution in [0.15, 0.2) is 30.3 Å². The van der Waals surface area contributed by atoms with E-state index in [1.807, 2.05) is 23.5 Å². The largest absolute Gasteiger partial charge is 0.107 e. The van der Waals surface area contributed by atoms with Crippen molar-refractivity contribution >= 4 is 39.3 Å². The van der Waals surface area contributed by atoms with Gasteiger partial charge < -0.3 is 0 Å². The first-order chi connectivity index (χ1) is 6.34. The molecule has 1 saturated heterocycles. The number of hydrogen-bond donors (Lipinski definition) is 0. The number of thioether (sulfide) groups is 2. The highest BCUT2D eigenvalue weighted by molar-refractivity contribution is 8.49. The topological polar surface area (TPSA) is 0 Å². The first-order valence-electron chi connectivity index (χ1n) is 4.22. The van der Waals surface area contributed by atoms with E-state index in [9.17, 15) is 0 Å². The predicted octanol–water partition coefficient (Wildman–Crippen LogP) is 3.36. The molecule has 1 unspecified atom stereocenters. The second-order valence-corrected chi connectivity index (χ2v) is 6.51. The minimum Gasteiger partial charge on any atom is -0.107 e. The molecule has 3 heteroatoms. The predicted molar refractivity (Wildman–Crippen MR) is 66.6 cm³/mol. The van der Waals surface area contributed by atoms with Gasteiger partial charge in [0.1, 0.15) is 3.53 Å². The first-order valence-corrected chi connectivity index (χ1v) is 6.49. The fourth-order valence-corrected chi connectivity index (χ4v) is 4.30. The summed E-state index contributed by atoms with van der Waals surface area (Å²) < 4.78 is 1.11. The van der Waals surface area contributed by atoms with Crippen molar-refractivity contribution in [2.75, 3.05) is 5.75 Å². The number of thiocarbonyl (C=S) groups is 1. The van der Waals surface area contributed by atoms with Crippen molar-refractivity contribution in [3.8, 4) is 0 Å². The van der Waals surface area contributed by atoms with E-state index in [0.717, 1.165) is 9.95 Å². The maximum Gasteiger partial charge on any atom is 0.104 e. The van der Waals surface area contributed by atoms with Crippen molar-refractivity contribution in [1.29, 1.82) is 0 Å². The summed E-state index contributed by atoms with van der Waals surface area (Å²) in [7, 11) is 0. The summed E-state index contributed by atoms with van der Waals surface area (Å²) in [5.41, 5.74) is 1.42. The zero-order valence-corrected chi connectivity index (χ0v) is 9.55. The summed E-state index contributed by atoms with van der Waals surface area (Å²) in [6.45, 7) is 0. The molecule has 68 valence electrons. The van der Waals surface area contributed by atoms with E-state index in [1.54, 1.807) is 0 Å². The molecule has 1 atom stereocenters. The lowest BCUT2D eigenvalue weighted by Gasteiger charge is -2.05. The maximum atomic E-state index is 5.14. The summed E-state index contributed by atoms with van der Waals surface area (Å²) in [6, 6.07) is 10.6.